The van der Waals surface area contributed by atoms with E-state index in [-0.39, 0.29) is 16.5 Å². The molecule has 0 atom stereocenters. The highest BCUT2D eigenvalue weighted by Crippen LogP contribution is 2.36. The van der Waals surface area contributed by atoms with Crippen molar-refractivity contribution in [2.24, 2.45) is 0 Å². The average molecular weight is 401 g/mol. The summed E-state index contributed by atoms with van der Waals surface area (Å²) in [4.78, 5) is 16.7. The van der Waals surface area contributed by atoms with Crippen LogP contribution in [0.3, 0.4) is 0 Å². The van der Waals surface area contributed by atoms with E-state index >= 15 is 0 Å². The normalized spacial score (nSPS) is 11.2. The molecule has 0 amide bonds. The van der Waals surface area contributed by atoms with Crippen molar-refractivity contribution < 1.29 is 13.2 Å². The summed E-state index contributed by atoms with van der Waals surface area (Å²) in [5, 5.41) is 0.0601. The Bertz CT molecular complexity index is 1020. The van der Waals surface area contributed by atoms with Crippen molar-refractivity contribution >= 4 is 39.6 Å². The van der Waals surface area contributed by atoms with Crippen molar-refractivity contribution in [2.75, 3.05) is 0 Å². The molecule has 0 aliphatic carbocycles. The predicted octanol–water partition coefficient (Wildman–Crippen LogP) is 4.24. The Kier molecular flexibility index (Phi) is 3.97. The molecule has 3 rings (SSSR count). The van der Waals surface area contributed by atoms with Crippen LogP contribution >= 0.6 is 28.7 Å². The smallest absolute Gasteiger partial charge is 0.268 e. The number of hydrogen-bond acceptors (Lipinski definition) is 3. The first-order valence-electron chi connectivity index (χ1n) is 6.38. The van der Waals surface area contributed by atoms with E-state index in [4.69, 9.17) is 0 Å². The Morgan fingerprint density at radius 2 is 1.83 bits per heavy atom. The number of nitrogens with zero attached hydrogens (tertiary/aromatic N) is 2. The maximum Gasteiger partial charge on any atom is 0.272 e. The molecule has 3 aromatic rings. The summed E-state index contributed by atoms with van der Waals surface area (Å²) >= 11 is 7.27. The van der Waals surface area contributed by atoms with Gasteiger partial charge in [0.25, 0.3) is 5.56 Å². The van der Waals surface area contributed by atoms with Gasteiger partial charge in [-0.25, -0.2) is 22.1 Å². The summed E-state index contributed by atoms with van der Waals surface area (Å²) in [6.07, 6.45) is 0. The third-order valence-electron chi connectivity index (χ3n) is 3.43. The molecule has 0 aliphatic rings. The topological polar surface area (TPSA) is 34.9 Å². The molecule has 0 radical (unpaired) electrons. The summed E-state index contributed by atoms with van der Waals surface area (Å²) in [5.41, 5.74) is -0.368. The summed E-state index contributed by atoms with van der Waals surface area (Å²) in [5.74, 6) is -3.92. The van der Waals surface area contributed by atoms with E-state index < -0.39 is 23.0 Å². The molecule has 23 heavy (non-hydrogen) atoms. The summed E-state index contributed by atoms with van der Waals surface area (Å²) in [6, 6.07) is 5.02. The third-order valence-corrected chi connectivity index (χ3v) is 4.56. The number of aromatic nitrogens is 2. The maximum absolute atomic E-state index is 14.2. The van der Waals surface area contributed by atoms with Gasteiger partial charge in [-0.1, -0.05) is 28.7 Å². The molecule has 3 nitrogen and oxygen atoms in total. The zero-order chi connectivity index (χ0) is 16.9. The first-order chi connectivity index (χ1) is 10.8. The molecule has 0 spiro atoms. The van der Waals surface area contributed by atoms with Crippen LogP contribution in [0.15, 0.2) is 33.5 Å². The molecular formula is C15H8BrF3N2OS. The zero-order valence-electron chi connectivity index (χ0n) is 11.6. The van der Waals surface area contributed by atoms with E-state index in [9.17, 15) is 18.0 Å². The Morgan fingerprint density at radius 3 is 2.52 bits per heavy atom. The number of benzene rings is 2. The van der Waals surface area contributed by atoms with Gasteiger partial charge in [0.2, 0.25) is 0 Å². The number of fused-ring (bicyclic) bond motifs is 1. The Balaban J connectivity index is 2.52. The van der Waals surface area contributed by atoms with Gasteiger partial charge >= 0.3 is 0 Å². The average Bonchev–Trinajstić information content (AvgIpc) is 2.52. The molecule has 1 aromatic heterocycles. The number of hydrogen-bond donors (Lipinski definition) is 1. The highest BCUT2D eigenvalue weighted by atomic mass is 79.9. The molecule has 0 saturated carbocycles. The van der Waals surface area contributed by atoms with Gasteiger partial charge in [-0.3, -0.25) is 4.79 Å². The van der Waals surface area contributed by atoms with Gasteiger partial charge < -0.3 is 0 Å². The second-order valence-electron chi connectivity index (χ2n) is 4.82. The van der Waals surface area contributed by atoms with Crippen LogP contribution < -0.4 is 5.56 Å². The minimum Gasteiger partial charge on any atom is -0.268 e. The molecule has 0 fully saturated rings. The summed E-state index contributed by atoms with van der Waals surface area (Å²) in [6.45, 7) is 1.59. The predicted molar refractivity (Wildman–Crippen MR) is 88.1 cm³/mol. The first kappa shape index (κ1) is 16.1. The van der Waals surface area contributed by atoms with E-state index in [2.05, 4.69) is 33.7 Å². The molecule has 0 bridgehead atoms. The largest absolute Gasteiger partial charge is 0.272 e. The van der Waals surface area contributed by atoms with Gasteiger partial charge in [-0.05, 0) is 31.2 Å². The van der Waals surface area contributed by atoms with Crippen LogP contribution in [-0.4, -0.2) is 8.96 Å². The lowest BCUT2D eigenvalue weighted by Crippen LogP contribution is -2.18. The standard InChI is InChI=1S/C15H8BrF3N2OS/c1-6-20-10-5-3-8(16)11(12(10)15(22)21(6)23)7-2-4-9(17)14(19)13(7)18/h2-5,23H,1H3. The second kappa shape index (κ2) is 5.68. The molecule has 118 valence electrons. The molecule has 8 heteroatoms. The molecule has 0 N–H and O–H groups in total. The van der Waals surface area contributed by atoms with E-state index in [0.29, 0.717) is 15.8 Å². The molecular weight excluding hydrogens is 393 g/mol. The van der Waals surface area contributed by atoms with Gasteiger partial charge in [-0.2, -0.15) is 0 Å². The highest BCUT2D eigenvalue weighted by Gasteiger charge is 2.21. The lowest BCUT2D eigenvalue weighted by Gasteiger charge is -2.12. The lowest BCUT2D eigenvalue weighted by molar-refractivity contribution is 0.449. The van der Waals surface area contributed by atoms with Crippen LogP contribution in [0.2, 0.25) is 0 Å². The van der Waals surface area contributed by atoms with E-state index in [0.717, 1.165) is 16.1 Å². The van der Waals surface area contributed by atoms with Crippen molar-refractivity contribution in [3.8, 4) is 11.1 Å². The van der Waals surface area contributed by atoms with Crippen molar-refractivity contribution in [1.29, 1.82) is 0 Å². The van der Waals surface area contributed by atoms with Crippen LogP contribution in [0.5, 0.6) is 0 Å². The van der Waals surface area contributed by atoms with E-state index in [1.54, 1.807) is 19.1 Å². The van der Waals surface area contributed by atoms with E-state index in [1.165, 1.54) is 0 Å². The molecule has 0 unspecified atom stereocenters. The number of halogens is 4. The summed E-state index contributed by atoms with van der Waals surface area (Å²) in [7, 11) is 0. The quantitative estimate of drug-likeness (QED) is 0.489. The lowest BCUT2D eigenvalue weighted by atomic mass is 10.0. The third kappa shape index (κ3) is 2.46. The number of thiol groups is 1. The van der Waals surface area contributed by atoms with Crippen molar-refractivity contribution in [3.05, 3.63) is 62.4 Å². The van der Waals surface area contributed by atoms with Crippen molar-refractivity contribution in [3.63, 3.8) is 0 Å². The Morgan fingerprint density at radius 1 is 1.13 bits per heavy atom. The number of aryl methyl sites for hydroxylation is 1. The minimum absolute atomic E-state index is 0.0601. The van der Waals surface area contributed by atoms with Gasteiger partial charge in [-0.15, -0.1) is 0 Å². The van der Waals surface area contributed by atoms with Gasteiger partial charge in [0.05, 0.1) is 10.9 Å². The van der Waals surface area contributed by atoms with Gasteiger partial charge in [0.1, 0.15) is 5.82 Å². The zero-order valence-corrected chi connectivity index (χ0v) is 14.1. The maximum atomic E-state index is 14.2. The monoisotopic (exact) mass is 400 g/mol. The van der Waals surface area contributed by atoms with Crippen LogP contribution in [0.25, 0.3) is 22.0 Å². The van der Waals surface area contributed by atoms with Crippen LogP contribution in [0.1, 0.15) is 5.82 Å². The van der Waals surface area contributed by atoms with Crippen molar-refractivity contribution in [1.82, 2.24) is 8.96 Å². The van der Waals surface area contributed by atoms with Crippen molar-refractivity contribution in [2.45, 2.75) is 6.92 Å². The highest BCUT2D eigenvalue weighted by molar-refractivity contribution is 9.10. The molecule has 2 aromatic carbocycles. The van der Waals surface area contributed by atoms with Crippen LogP contribution in [0, 0.1) is 24.4 Å². The van der Waals surface area contributed by atoms with E-state index in [1.807, 2.05) is 0 Å². The fourth-order valence-electron chi connectivity index (χ4n) is 2.33. The SMILES string of the molecule is Cc1nc2ccc(Br)c(-c3ccc(F)c(F)c3F)c2c(=O)n1S. The molecule has 0 saturated heterocycles. The van der Waals surface area contributed by atoms with Gasteiger partial charge in [0, 0.05) is 15.6 Å². The Labute approximate surface area is 142 Å². The number of rotatable bonds is 1. The van der Waals surface area contributed by atoms with Crippen LogP contribution in [-0.2, 0) is 0 Å². The fraction of sp³-hybridized carbons (Fsp3) is 0.0667. The minimum atomic E-state index is -1.60. The molecule has 0 aliphatic heterocycles. The summed E-state index contributed by atoms with van der Waals surface area (Å²) < 4.78 is 42.3. The first-order valence-corrected chi connectivity index (χ1v) is 7.57. The Hall–Kier alpha value is -1.80. The van der Waals surface area contributed by atoms with Gasteiger partial charge in [0.15, 0.2) is 17.5 Å². The second-order valence-corrected chi connectivity index (χ2v) is 6.07. The fourth-order valence-corrected chi connectivity index (χ4v) is 3.02. The van der Waals surface area contributed by atoms with Crippen LogP contribution in [0.4, 0.5) is 13.2 Å². The molecule has 1 heterocycles.